The van der Waals surface area contributed by atoms with E-state index in [0.29, 0.717) is 19.6 Å². The normalized spacial score (nSPS) is 59.1. The Balaban J connectivity index is 1.49. The van der Waals surface area contributed by atoms with Crippen LogP contribution in [-0.2, 0) is 23.8 Å². The fourth-order valence-corrected chi connectivity index (χ4v) is 9.77. The molecule has 3 aliphatic heterocycles. The average Bonchev–Trinajstić information content (AvgIpc) is 3.32. The quantitative estimate of drug-likeness (QED) is 0.455. The number of hydrogen-bond donors (Lipinski definition) is 2. The van der Waals surface area contributed by atoms with Crippen LogP contribution >= 0.6 is 0 Å². The number of carbonyl (C=O) groups is 2. The van der Waals surface area contributed by atoms with E-state index in [1.165, 1.54) is 0 Å². The van der Waals surface area contributed by atoms with Crippen molar-refractivity contribution in [1.29, 1.82) is 0 Å². The monoisotopic (exact) mass is 462 g/mol. The molecule has 2 N–H and O–H groups in total. The van der Waals surface area contributed by atoms with Crippen LogP contribution in [0.25, 0.3) is 0 Å². The van der Waals surface area contributed by atoms with Crippen molar-refractivity contribution in [3.63, 3.8) is 0 Å². The van der Waals surface area contributed by atoms with Crippen molar-refractivity contribution in [3.8, 4) is 0 Å². The molecule has 7 nitrogen and oxygen atoms in total. The van der Waals surface area contributed by atoms with E-state index in [1.54, 1.807) is 0 Å². The molecule has 184 valence electrons. The van der Waals surface area contributed by atoms with E-state index >= 15 is 0 Å². The smallest absolute Gasteiger partial charge is 0.338 e. The number of ether oxygens (including phenoxy) is 3. The molecule has 6 fully saturated rings. The summed E-state index contributed by atoms with van der Waals surface area (Å²) in [6, 6.07) is 0. The third-order valence-corrected chi connectivity index (χ3v) is 11.8. The van der Waals surface area contributed by atoms with Gasteiger partial charge in [-0.25, -0.2) is 4.79 Å². The van der Waals surface area contributed by atoms with Crippen LogP contribution < -0.4 is 0 Å². The van der Waals surface area contributed by atoms with Gasteiger partial charge in [0.2, 0.25) is 0 Å². The predicted octanol–water partition coefficient (Wildman–Crippen LogP) is 2.26. The molecule has 1 spiro atoms. The van der Waals surface area contributed by atoms with E-state index in [-0.39, 0.29) is 42.0 Å². The van der Waals surface area contributed by atoms with Crippen molar-refractivity contribution in [1.82, 2.24) is 0 Å². The SMILES string of the molecule is CC1(C)C2CC(=O)[C@]3(C)C(CC[C@@]4(C)[C@H](C5CCOC5)OC(=O)C5OC543)[C@@]2(C)[C@@H](O)C[C@H]1O. The Morgan fingerprint density at radius 3 is 2.36 bits per heavy atom. The summed E-state index contributed by atoms with van der Waals surface area (Å²) in [5, 5.41) is 22.2. The first-order valence-corrected chi connectivity index (χ1v) is 12.7. The van der Waals surface area contributed by atoms with Crippen molar-refractivity contribution in [2.24, 2.45) is 39.4 Å². The number of carbonyl (C=O) groups excluding carboxylic acids is 2. The molecule has 0 amide bonds. The molecule has 0 bridgehead atoms. The highest BCUT2D eigenvalue weighted by atomic mass is 16.7. The first-order chi connectivity index (χ1) is 15.4. The standard InChI is InChI=1S/C26H38O7/c1-22(2)15-10-18(29)25(5)14(24(15,4)17(28)11-16(22)27)6-8-23(3)19(13-7-9-31-12-13)32-21(30)20-26(23,25)33-20/h13-17,19-20,27-28H,6-12H2,1-5H3/t13?,14?,15?,16-,17+,19+,20?,23+,24-,25+,26?/m1/s1. The van der Waals surface area contributed by atoms with Gasteiger partial charge < -0.3 is 24.4 Å². The zero-order valence-corrected chi connectivity index (χ0v) is 20.4. The molecule has 11 atom stereocenters. The van der Waals surface area contributed by atoms with Gasteiger partial charge in [-0.2, -0.15) is 0 Å². The number of fused-ring (bicyclic) bond motifs is 3. The summed E-state index contributed by atoms with van der Waals surface area (Å²) in [6.45, 7) is 11.5. The molecule has 0 aromatic carbocycles. The minimum Gasteiger partial charge on any atom is -0.459 e. The summed E-state index contributed by atoms with van der Waals surface area (Å²) in [4.78, 5) is 27.3. The van der Waals surface area contributed by atoms with Gasteiger partial charge in [0, 0.05) is 36.2 Å². The molecule has 0 aromatic rings. The van der Waals surface area contributed by atoms with Crippen molar-refractivity contribution in [3.05, 3.63) is 0 Å². The van der Waals surface area contributed by atoms with E-state index in [4.69, 9.17) is 14.2 Å². The molecule has 0 radical (unpaired) electrons. The molecular formula is C26H38O7. The number of aliphatic hydroxyl groups excluding tert-OH is 2. The lowest BCUT2D eigenvalue weighted by Gasteiger charge is -2.69. The summed E-state index contributed by atoms with van der Waals surface area (Å²) < 4.78 is 18.0. The molecular weight excluding hydrogens is 424 g/mol. The molecule has 0 aromatic heterocycles. The van der Waals surface area contributed by atoms with Crippen molar-refractivity contribution < 1.29 is 34.0 Å². The molecule has 7 heteroatoms. The topological polar surface area (TPSA) is 106 Å². The Hall–Kier alpha value is -1.02. The lowest BCUT2D eigenvalue weighted by atomic mass is 9.34. The Bertz CT molecular complexity index is 910. The lowest BCUT2D eigenvalue weighted by molar-refractivity contribution is -0.255. The van der Waals surface area contributed by atoms with Gasteiger partial charge in [-0.15, -0.1) is 0 Å². The number of esters is 1. The fraction of sp³-hybridized carbons (Fsp3) is 0.923. The van der Waals surface area contributed by atoms with Crippen LogP contribution in [0.2, 0.25) is 0 Å². The van der Waals surface area contributed by atoms with E-state index in [2.05, 4.69) is 13.8 Å². The number of ketones is 1. The molecule has 33 heavy (non-hydrogen) atoms. The Labute approximate surface area is 195 Å². The largest absolute Gasteiger partial charge is 0.459 e. The first kappa shape index (κ1) is 22.4. The van der Waals surface area contributed by atoms with Gasteiger partial charge in [0.15, 0.2) is 6.10 Å². The second kappa shape index (κ2) is 6.40. The van der Waals surface area contributed by atoms with Crippen LogP contribution in [0.3, 0.4) is 0 Å². The third-order valence-electron chi connectivity index (χ3n) is 11.8. The maximum atomic E-state index is 14.2. The van der Waals surface area contributed by atoms with E-state index < -0.39 is 45.6 Å². The second-order valence-corrected chi connectivity index (χ2v) is 13.1. The van der Waals surface area contributed by atoms with Crippen LogP contribution in [0, 0.1) is 39.4 Å². The number of Topliss-reactive ketones (excluding diaryl/α,β-unsaturated/α-hetero) is 1. The zero-order valence-electron chi connectivity index (χ0n) is 20.4. The summed E-state index contributed by atoms with van der Waals surface area (Å²) in [7, 11) is 0. The van der Waals surface area contributed by atoms with Crippen LogP contribution in [0.1, 0.15) is 66.7 Å². The highest BCUT2D eigenvalue weighted by molar-refractivity contribution is 5.93. The first-order valence-electron chi connectivity index (χ1n) is 12.7. The van der Waals surface area contributed by atoms with Gasteiger partial charge in [-0.05, 0) is 43.4 Å². The molecule has 3 saturated heterocycles. The lowest BCUT2D eigenvalue weighted by Crippen LogP contribution is -2.75. The van der Waals surface area contributed by atoms with Crippen molar-refractivity contribution >= 4 is 11.8 Å². The highest BCUT2D eigenvalue weighted by Crippen LogP contribution is 2.78. The Morgan fingerprint density at radius 1 is 0.970 bits per heavy atom. The maximum absolute atomic E-state index is 14.2. The van der Waals surface area contributed by atoms with Crippen LogP contribution in [0.5, 0.6) is 0 Å². The second-order valence-electron chi connectivity index (χ2n) is 13.1. The van der Waals surface area contributed by atoms with Crippen molar-refractivity contribution in [2.45, 2.75) is 96.7 Å². The number of cyclic esters (lactones) is 1. The van der Waals surface area contributed by atoms with E-state index in [9.17, 15) is 19.8 Å². The molecule has 6 rings (SSSR count). The number of hydrogen-bond acceptors (Lipinski definition) is 7. The summed E-state index contributed by atoms with van der Waals surface area (Å²) in [5.41, 5.74) is -3.32. The number of epoxide rings is 1. The Morgan fingerprint density at radius 2 is 1.70 bits per heavy atom. The average molecular weight is 463 g/mol. The fourth-order valence-electron chi connectivity index (χ4n) is 9.77. The minimum atomic E-state index is -0.906. The van der Waals surface area contributed by atoms with E-state index in [0.717, 1.165) is 19.3 Å². The van der Waals surface area contributed by atoms with Crippen molar-refractivity contribution in [2.75, 3.05) is 13.2 Å². The van der Waals surface area contributed by atoms with Gasteiger partial charge in [0.1, 0.15) is 17.5 Å². The minimum absolute atomic E-state index is 0.105. The predicted molar refractivity (Wildman–Crippen MR) is 117 cm³/mol. The van der Waals surface area contributed by atoms with E-state index in [1.807, 2.05) is 20.8 Å². The molecule has 5 unspecified atom stereocenters. The van der Waals surface area contributed by atoms with Gasteiger partial charge >= 0.3 is 5.97 Å². The molecule has 6 aliphatic rings. The third kappa shape index (κ3) is 2.27. The van der Waals surface area contributed by atoms with Gasteiger partial charge in [0.05, 0.1) is 24.2 Å². The molecule has 3 heterocycles. The summed E-state index contributed by atoms with van der Waals surface area (Å²) >= 11 is 0. The zero-order chi connectivity index (χ0) is 23.8. The number of rotatable bonds is 1. The highest BCUT2D eigenvalue weighted by Gasteiger charge is 2.88. The van der Waals surface area contributed by atoms with Gasteiger partial charge in [0.25, 0.3) is 0 Å². The number of aliphatic hydroxyl groups is 2. The maximum Gasteiger partial charge on any atom is 0.338 e. The van der Waals surface area contributed by atoms with Gasteiger partial charge in [-0.3, -0.25) is 4.79 Å². The molecule has 3 aliphatic carbocycles. The van der Waals surface area contributed by atoms with Crippen LogP contribution in [0.4, 0.5) is 0 Å². The summed E-state index contributed by atoms with van der Waals surface area (Å²) in [5.74, 6) is -0.415. The molecule has 3 saturated carbocycles. The van der Waals surface area contributed by atoms with Crippen LogP contribution in [-0.4, -0.2) is 65.2 Å². The van der Waals surface area contributed by atoms with Crippen LogP contribution in [0.15, 0.2) is 0 Å². The Kier molecular flexibility index (Phi) is 4.35. The summed E-state index contributed by atoms with van der Waals surface area (Å²) in [6.07, 6.45) is 0.524. The van der Waals surface area contributed by atoms with Gasteiger partial charge in [-0.1, -0.05) is 27.7 Å².